The van der Waals surface area contributed by atoms with Crippen molar-refractivity contribution in [3.05, 3.63) is 0 Å². The van der Waals surface area contributed by atoms with Crippen molar-refractivity contribution in [2.45, 2.75) is 0 Å². The molecule has 0 aromatic rings. The molecule has 0 aliphatic carbocycles. The van der Waals surface area contributed by atoms with Crippen molar-refractivity contribution in [2.75, 3.05) is 0 Å². The molecule has 0 bridgehead atoms. The zero-order valence-electron chi connectivity index (χ0n) is 1.79. The molecule has 0 saturated carbocycles. The second-order valence-electron chi connectivity index (χ2n) is 0.197. The zero-order valence-corrected chi connectivity index (χ0v) is 4.34. The Morgan fingerprint density at radius 2 is 2.25 bits per heavy atom. The van der Waals surface area contributed by atoms with Gasteiger partial charge in [-0.2, -0.15) is 0 Å². The Morgan fingerprint density at radius 1 is 2.00 bits per heavy atom. The monoisotopic (exact) mass is 161 g/mol. The Balaban J connectivity index is 2.73. The Hall–Kier alpha value is 0.513. The topological polar surface area (TPSA) is 12.4 Å². The summed E-state index contributed by atoms with van der Waals surface area (Å²) in [5.74, 6) is 0. The molecular weight excluding hydrogens is 159 g/mol. The molecule has 0 radical (unpaired) electrons. The predicted octanol–water partition coefficient (Wildman–Crippen LogP) is 0.674. The van der Waals surface area contributed by atoms with Crippen LogP contribution in [0.3, 0.4) is 0 Å². The molecule has 0 rings (SSSR count). The van der Waals surface area contributed by atoms with Crippen LogP contribution in [0.15, 0.2) is 3.68 Å². The van der Waals surface area contributed by atoms with Crippen LogP contribution < -0.4 is 0 Å². The predicted molar refractivity (Wildman–Crippen MR) is 16.1 cm³/mol. The van der Waals surface area contributed by atoms with Crippen molar-refractivity contribution in [2.24, 2.45) is 3.68 Å². The summed E-state index contributed by atoms with van der Waals surface area (Å²) in [5.41, 5.74) is 1.30. The summed E-state index contributed by atoms with van der Waals surface area (Å²) in [6.45, 7) is 0. The second kappa shape index (κ2) is 3.51. The molecular formula is CHNRuS+. The van der Waals surface area contributed by atoms with E-state index in [9.17, 15) is 0 Å². The van der Waals surface area contributed by atoms with Crippen molar-refractivity contribution >= 4 is 17.7 Å². The first kappa shape index (κ1) is 4.51. The fourth-order valence-electron chi connectivity index (χ4n) is 0. The van der Waals surface area contributed by atoms with Gasteiger partial charge >= 0.3 is 39.5 Å². The molecule has 3 heteroatoms. The average molecular weight is 160 g/mol. The van der Waals surface area contributed by atoms with Gasteiger partial charge in [0.2, 0.25) is 0 Å². The van der Waals surface area contributed by atoms with Crippen LogP contribution in [0.1, 0.15) is 0 Å². The van der Waals surface area contributed by atoms with E-state index in [0.29, 0.717) is 0 Å². The molecule has 23 valence electrons. The normalized spacial score (nSPS) is 5.00. The van der Waals surface area contributed by atoms with Crippen molar-refractivity contribution in [3.63, 3.8) is 0 Å². The summed E-state index contributed by atoms with van der Waals surface area (Å²) in [6.07, 6.45) is 0. The van der Waals surface area contributed by atoms with E-state index in [-0.39, 0.29) is 0 Å². The minimum atomic E-state index is 1.30. The van der Waals surface area contributed by atoms with E-state index < -0.39 is 0 Å². The van der Waals surface area contributed by atoms with Crippen LogP contribution in [-0.4, -0.2) is 5.49 Å². The summed E-state index contributed by atoms with van der Waals surface area (Å²) >= 11 is 6.29. The number of rotatable bonds is 1. The van der Waals surface area contributed by atoms with Gasteiger partial charge in [0.25, 0.3) is 0 Å². The van der Waals surface area contributed by atoms with Crippen LogP contribution in [0, 0.1) is 0 Å². The Kier molecular flexibility index (Phi) is 3.96. The molecule has 0 atom stereocenters. The Morgan fingerprint density at radius 3 is 2.25 bits per heavy atom. The third-order valence-corrected chi connectivity index (χ3v) is 0.661. The van der Waals surface area contributed by atoms with Gasteiger partial charge in [0, 0.05) is 0 Å². The number of hydrogen-bond donors (Lipinski definition) is 0. The average Bonchev–Trinajstić information content (AvgIpc) is 1.37. The molecule has 0 saturated heterocycles. The quantitative estimate of drug-likeness (QED) is 0.406. The molecule has 0 aliphatic rings. The molecule has 4 heavy (non-hydrogen) atoms. The van der Waals surface area contributed by atoms with Gasteiger partial charge in [-0.3, -0.25) is 0 Å². The van der Waals surface area contributed by atoms with Crippen molar-refractivity contribution in [1.29, 1.82) is 0 Å². The number of nitrogens with zero attached hydrogens (tertiary/aromatic N) is 1. The third-order valence-electron chi connectivity index (χ3n) is 0.0373. The fourth-order valence-corrected chi connectivity index (χ4v) is 0. The van der Waals surface area contributed by atoms with Crippen molar-refractivity contribution in [3.8, 4) is 0 Å². The van der Waals surface area contributed by atoms with E-state index in [1.165, 1.54) is 5.49 Å². The molecule has 0 fully saturated rings. The van der Waals surface area contributed by atoms with E-state index in [1.807, 2.05) is 18.1 Å². The van der Waals surface area contributed by atoms with Crippen LogP contribution in [0.4, 0.5) is 0 Å². The van der Waals surface area contributed by atoms with Crippen LogP contribution in [-0.2, 0) is 18.1 Å². The van der Waals surface area contributed by atoms with Crippen LogP contribution >= 0.6 is 12.2 Å². The maximum atomic E-state index is 4.24. The number of thiocarbonyl (C=S) groups is 1. The molecule has 0 spiro atoms. The molecule has 0 N–H and O–H groups in total. The SMILES string of the molecule is S=C[N]=[Ru+]. The minimum absolute atomic E-state index is 1.30. The van der Waals surface area contributed by atoms with Gasteiger partial charge in [0.15, 0.2) is 0 Å². The van der Waals surface area contributed by atoms with E-state index in [2.05, 4.69) is 15.9 Å². The molecule has 0 heterocycles. The summed E-state index contributed by atoms with van der Waals surface area (Å²) in [7, 11) is 0. The van der Waals surface area contributed by atoms with Gasteiger partial charge in [0.1, 0.15) is 0 Å². The van der Waals surface area contributed by atoms with Crippen LogP contribution in [0.2, 0.25) is 0 Å². The first-order valence-electron chi connectivity index (χ1n) is 0.652. The van der Waals surface area contributed by atoms with Crippen molar-refractivity contribution < 1.29 is 18.1 Å². The van der Waals surface area contributed by atoms with E-state index in [4.69, 9.17) is 0 Å². The zero-order chi connectivity index (χ0) is 3.41. The molecule has 0 unspecified atom stereocenters. The van der Waals surface area contributed by atoms with Gasteiger partial charge in [-0.15, -0.1) is 0 Å². The second-order valence-corrected chi connectivity index (χ2v) is 0.856. The molecule has 0 aromatic heterocycles. The first-order chi connectivity index (χ1) is 1.91. The molecule has 1 nitrogen and oxygen atoms in total. The van der Waals surface area contributed by atoms with Crippen LogP contribution in [0.25, 0.3) is 0 Å². The van der Waals surface area contributed by atoms with Gasteiger partial charge in [0.05, 0.1) is 0 Å². The maximum absolute atomic E-state index is 4.24. The molecule has 0 aromatic carbocycles. The Labute approximate surface area is 39.9 Å². The van der Waals surface area contributed by atoms with E-state index in [0.717, 1.165) is 0 Å². The van der Waals surface area contributed by atoms with Gasteiger partial charge in [-0.1, -0.05) is 0 Å². The summed E-state index contributed by atoms with van der Waals surface area (Å²) in [6, 6.07) is 0. The summed E-state index contributed by atoms with van der Waals surface area (Å²) < 4.78 is 3.36. The van der Waals surface area contributed by atoms with E-state index in [1.54, 1.807) is 0 Å². The molecule has 0 amide bonds. The van der Waals surface area contributed by atoms with Gasteiger partial charge < -0.3 is 0 Å². The third kappa shape index (κ3) is 2.51. The number of hydrogen-bond acceptors (Lipinski definition) is 1. The van der Waals surface area contributed by atoms with Crippen molar-refractivity contribution in [1.82, 2.24) is 0 Å². The molecule has 0 aliphatic heterocycles. The first-order valence-corrected chi connectivity index (χ1v) is 1.90. The Bertz CT molecular complexity index is 29.0. The van der Waals surface area contributed by atoms with Gasteiger partial charge in [-0.25, -0.2) is 0 Å². The van der Waals surface area contributed by atoms with E-state index >= 15 is 0 Å². The summed E-state index contributed by atoms with van der Waals surface area (Å²) in [5, 5.41) is 0. The standard InChI is InChI=1S/CHNS.Ru/c2-1-3;/h1H;/q;+1. The summed E-state index contributed by atoms with van der Waals surface area (Å²) in [4.78, 5) is 0. The van der Waals surface area contributed by atoms with Crippen LogP contribution in [0.5, 0.6) is 0 Å². The fraction of sp³-hybridized carbons (Fsp3) is 0. The van der Waals surface area contributed by atoms with Gasteiger partial charge in [-0.05, 0) is 0 Å².